The first-order chi connectivity index (χ1) is 11.7. The summed E-state index contributed by atoms with van der Waals surface area (Å²) in [4.78, 5) is 6.67. The zero-order valence-electron chi connectivity index (χ0n) is 15.7. The molecule has 0 spiro atoms. The van der Waals surface area contributed by atoms with Crippen LogP contribution in [0.5, 0.6) is 0 Å². The van der Waals surface area contributed by atoms with Gasteiger partial charge in [-0.2, -0.15) is 0 Å². The Labute approximate surface area is 150 Å². The van der Waals surface area contributed by atoms with Gasteiger partial charge in [-0.25, -0.2) is 4.98 Å². The van der Waals surface area contributed by atoms with Crippen LogP contribution in [0.25, 0.3) is 0 Å². The van der Waals surface area contributed by atoms with Crippen LogP contribution in [-0.4, -0.2) is 77.7 Å². The number of aromatic nitrogens is 1. The number of hydrogen-bond acceptors (Lipinski definition) is 7. The van der Waals surface area contributed by atoms with Crippen LogP contribution in [0.1, 0.15) is 27.7 Å². The summed E-state index contributed by atoms with van der Waals surface area (Å²) in [5.41, 5.74) is -1.43. The molecular formula is C17H30BN3O4. The lowest BCUT2D eigenvalue weighted by molar-refractivity contribution is -0.0982. The molecule has 3 N–H and O–H groups in total. The van der Waals surface area contributed by atoms with Crippen LogP contribution >= 0.6 is 0 Å². The van der Waals surface area contributed by atoms with Crippen molar-refractivity contribution in [2.75, 3.05) is 44.7 Å². The molecule has 140 valence electrons. The molecule has 1 aliphatic rings. The molecule has 0 aliphatic carbocycles. The molecule has 0 radical (unpaired) electrons. The highest BCUT2D eigenvalue weighted by atomic mass is 16.5. The van der Waals surface area contributed by atoms with Crippen molar-refractivity contribution in [2.24, 2.45) is 0 Å². The molecule has 0 amide bonds. The number of hydrogen-bond donors (Lipinski definition) is 3. The van der Waals surface area contributed by atoms with Crippen LogP contribution in [-0.2, 0) is 9.39 Å². The molecule has 0 unspecified atom stereocenters. The third-order valence-corrected chi connectivity index (χ3v) is 4.79. The summed E-state index contributed by atoms with van der Waals surface area (Å²) in [7, 11) is -1.14. The molecule has 25 heavy (non-hydrogen) atoms. The molecule has 0 atom stereocenters. The second-order valence-corrected chi connectivity index (χ2v) is 7.40. The third kappa shape index (κ3) is 5.93. The van der Waals surface area contributed by atoms with Gasteiger partial charge in [0.15, 0.2) is 0 Å². The summed E-state index contributed by atoms with van der Waals surface area (Å²) in [6.45, 7) is 12.1. The van der Waals surface area contributed by atoms with Crippen LogP contribution in [0.15, 0.2) is 18.3 Å². The quantitative estimate of drug-likeness (QED) is 0.572. The van der Waals surface area contributed by atoms with Gasteiger partial charge >= 0.3 is 7.12 Å². The molecule has 1 aliphatic heterocycles. The SMILES string of the molecule is CC(C)(O)C(C)(C)OB(O)c1ccc(NCCN2CCOCC2)nc1. The van der Waals surface area contributed by atoms with E-state index in [4.69, 9.17) is 9.39 Å². The standard InChI is InChI=1S/C17H30BN3O4/c1-16(2,22)17(3,4)25-18(23)14-5-6-15(20-13-14)19-7-8-21-9-11-24-12-10-21/h5-6,13,22-23H,7-12H2,1-4H3,(H,19,20). The van der Waals surface area contributed by atoms with Gasteiger partial charge < -0.3 is 24.8 Å². The number of nitrogens with zero attached hydrogens (tertiary/aromatic N) is 2. The lowest BCUT2D eigenvalue weighted by Crippen LogP contribution is -2.53. The van der Waals surface area contributed by atoms with Crippen molar-refractivity contribution in [3.63, 3.8) is 0 Å². The van der Waals surface area contributed by atoms with Crippen LogP contribution in [0, 0.1) is 0 Å². The number of nitrogens with one attached hydrogen (secondary N) is 1. The van der Waals surface area contributed by atoms with Crippen LogP contribution in [0.3, 0.4) is 0 Å². The minimum atomic E-state index is -1.14. The van der Waals surface area contributed by atoms with Gasteiger partial charge in [-0.3, -0.25) is 4.90 Å². The molecule has 1 aromatic heterocycles. The molecule has 1 aromatic rings. The zero-order chi connectivity index (χ0) is 18.5. The highest BCUT2D eigenvalue weighted by molar-refractivity contribution is 6.60. The predicted molar refractivity (Wildman–Crippen MR) is 99.1 cm³/mol. The van der Waals surface area contributed by atoms with Crippen molar-refractivity contribution in [3.05, 3.63) is 18.3 Å². The van der Waals surface area contributed by atoms with Crippen molar-refractivity contribution in [2.45, 2.75) is 38.9 Å². The van der Waals surface area contributed by atoms with Crippen LogP contribution in [0.4, 0.5) is 5.82 Å². The smallest absolute Gasteiger partial charge is 0.423 e. The summed E-state index contributed by atoms with van der Waals surface area (Å²) >= 11 is 0. The molecule has 2 rings (SSSR count). The Hall–Kier alpha value is -1.19. The van der Waals surface area contributed by atoms with E-state index in [0.29, 0.717) is 5.46 Å². The number of morpholine rings is 1. The van der Waals surface area contributed by atoms with Crippen molar-refractivity contribution in [1.29, 1.82) is 0 Å². The molecule has 0 aromatic carbocycles. The fourth-order valence-corrected chi connectivity index (χ4v) is 2.31. The molecule has 1 fully saturated rings. The van der Waals surface area contributed by atoms with Crippen molar-refractivity contribution in [1.82, 2.24) is 9.88 Å². The monoisotopic (exact) mass is 351 g/mol. The van der Waals surface area contributed by atoms with Gasteiger partial charge in [-0.15, -0.1) is 0 Å². The Morgan fingerprint density at radius 1 is 1.28 bits per heavy atom. The molecule has 1 saturated heterocycles. The van der Waals surface area contributed by atoms with E-state index in [1.165, 1.54) is 0 Å². The fraction of sp³-hybridized carbons (Fsp3) is 0.706. The number of anilines is 1. The number of aliphatic hydroxyl groups is 1. The minimum absolute atomic E-state index is 0.552. The second kappa shape index (κ2) is 8.46. The fourth-order valence-electron chi connectivity index (χ4n) is 2.31. The van der Waals surface area contributed by atoms with E-state index in [0.717, 1.165) is 45.2 Å². The number of rotatable bonds is 8. The molecule has 7 nitrogen and oxygen atoms in total. The lowest BCUT2D eigenvalue weighted by Gasteiger charge is -2.38. The summed E-state index contributed by atoms with van der Waals surface area (Å²) in [6, 6.07) is 3.59. The first-order valence-electron chi connectivity index (χ1n) is 8.77. The largest absolute Gasteiger partial charge is 0.493 e. The molecule has 8 heteroatoms. The predicted octanol–water partition coefficient (Wildman–Crippen LogP) is 0.0793. The maximum Gasteiger partial charge on any atom is 0.493 e. The highest BCUT2D eigenvalue weighted by Gasteiger charge is 2.39. The van der Waals surface area contributed by atoms with Gasteiger partial charge in [-0.05, 0) is 33.8 Å². The highest BCUT2D eigenvalue weighted by Crippen LogP contribution is 2.25. The average molecular weight is 351 g/mol. The van der Waals surface area contributed by atoms with E-state index < -0.39 is 18.3 Å². The van der Waals surface area contributed by atoms with Crippen molar-refractivity contribution in [3.8, 4) is 0 Å². The van der Waals surface area contributed by atoms with E-state index in [2.05, 4.69) is 15.2 Å². The first kappa shape index (κ1) is 20.1. The van der Waals surface area contributed by atoms with Crippen LogP contribution in [0.2, 0.25) is 0 Å². The minimum Gasteiger partial charge on any atom is -0.423 e. The molecule has 2 heterocycles. The third-order valence-electron chi connectivity index (χ3n) is 4.79. The van der Waals surface area contributed by atoms with E-state index >= 15 is 0 Å². The Morgan fingerprint density at radius 2 is 1.96 bits per heavy atom. The van der Waals surface area contributed by atoms with E-state index in [9.17, 15) is 10.1 Å². The summed E-state index contributed by atoms with van der Waals surface area (Å²) in [6.07, 6.45) is 1.59. The number of ether oxygens (including phenoxy) is 1. The Morgan fingerprint density at radius 3 is 2.52 bits per heavy atom. The number of pyridine rings is 1. The van der Waals surface area contributed by atoms with Crippen molar-refractivity contribution < 1.29 is 19.5 Å². The average Bonchev–Trinajstić information content (AvgIpc) is 2.55. The van der Waals surface area contributed by atoms with E-state index in [1.54, 1.807) is 40.0 Å². The van der Waals surface area contributed by atoms with E-state index in [1.807, 2.05) is 6.07 Å². The molecule has 0 bridgehead atoms. The van der Waals surface area contributed by atoms with Crippen molar-refractivity contribution >= 4 is 18.4 Å². The van der Waals surface area contributed by atoms with Gasteiger partial charge in [0.05, 0.1) is 24.4 Å². The van der Waals surface area contributed by atoms with Gasteiger partial charge in [0.2, 0.25) is 0 Å². The van der Waals surface area contributed by atoms with Gasteiger partial charge in [-0.1, -0.05) is 6.07 Å². The zero-order valence-corrected chi connectivity index (χ0v) is 15.7. The normalized spacial score (nSPS) is 16.7. The Kier molecular flexibility index (Phi) is 6.82. The van der Waals surface area contributed by atoms with Crippen LogP contribution < -0.4 is 10.8 Å². The van der Waals surface area contributed by atoms with E-state index in [-0.39, 0.29) is 0 Å². The maximum atomic E-state index is 10.2. The summed E-state index contributed by atoms with van der Waals surface area (Å²) in [5.74, 6) is 0.756. The maximum absolute atomic E-state index is 10.2. The summed E-state index contributed by atoms with van der Waals surface area (Å²) < 4.78 is 10.9. The Bertz CT molecular complexity index is 528. The second-order valence-electron chi connectivity index (χ2n) is 7.40. The van der Waals surface area contributed by atoms with Gasteiger partial charge in [0, 0.05) is 37.8 Å². The molecular weight excluding hydrogens is 321 g/mol. The lowest BCUT2D eigenvalue weighted by atomic mass is 9.77. The summed E-state index contributed by atoms with van der Waals surface area (Å²) in [5, 5.41) is 23.6. The Balaban J connectivity index is 1.82. The van der Waals surface area contributed by atoms with Gasteiger partial charge in [0.1, 0.15) is 5.82 Å². The topological polar surface area (TPSA) is 87.1 Å². The first-order valence-corrected chi connectivity index (χ1v) is 8.77. The molecule has 0 saturated carbocycles. The van der Waals surface area contributed by atoms with Gasteiger partial charge in [0.25, 0.3) is 0 Å².